The molecule has 0 aromatic rings. The number of carbonyl (C=O) groups is 1. The van der Waals surface area contributed by atoms with Crippen LogP contribution in [0.15, 0.2) is 0 Å². The third-order valence-corrected chi connectivity index (χ3v) is 2.80. The molecule has 0 bridgehead atoms. The smallest absolute Gasteiger partial charge is 0.307 e. The highest BCUT2D eigenvalue weighted by atomic mass is 16.5. The normalized spacial score (nSPS) is 14.9. The van der Waals surface area contributed by atoms with Gasteiger partial charge in [-0.15, -0.1) is 0 Å². The van der Waals surface area contributed by atoms with E-state index in [1.54, 1.807) is 7.11 Å². The third-order valence-electron chi connectivity index (χ3n) is 2.80. The molecule has 1 atom stereocenters. The lowest BCUT2D eigenvalue weighted by Gasteiger charge is -2.37. The predicted octanol–water partition coefficient (Wildman–Crippen LogP) is 1.59. The zero-order chi connectivity index (χ0) is 12.6. The van der Waals surface area contributed by atoms with E-state index in [0.717, 1.165) is 6.54 Å². The van der Waals surface area contributed by atoms with Gasteiger partial charge >= 0.3 is 5.97 Å². The lowest BCUT2D eigenvalue weighted by molar-refractivity contribution is -0.146. The molecule has 0 fully saturated rings. The summed E-state index contributed by atoms with van der Waals surface area (Å²) < 4.78 is 10.2. The first-order valence-corrected chi connectivity index (χ1v) is 5.92. The molecule has 4 nitrogen and oxygen atoms in total. The van der Waals surface area contributed by atoms with Crippen LogP contribution in [0, 0.1) is 5.92 Å². The van der Waals surface area contributed by atoms with Crippen molar-refractivity contribution in [1.29, 1.82) is 0 Å². The van der Waals surface area contributed by atoms with Gasteiger partial charge < -0.3 is 14.8 Å². The van der Waals surface area contributed by atoms with Crippen LogP contribution in [0.1, 0.15) is 34.1 Å². The van der Waals surface area contributed by atoms with Crippen LogP contribution < -0.4 is 5.32 Å². The van der Waals surface area contributed by atoms with Crippen LogP contribution in [0.4, 0.5) is 0 Å². The summed E-state index contributed by atoms with van der Waals surface area (Å²) in [6, 6.07) is 0. The molecule has 0 aromatic carbocycles. The summed E-state index contributed by atoms with van der Waals surface area (Å²) >= 11 is 0. The Hall–Kier alpha value is -0.610. The van der Waals surface area contributed by atoms with E-state index in [4.69, 9.17) is 9.47 Å². The van der Waals surface area contributed by atoms with E-state index in [2.05, 4.69) is 19.2 Å². The molecular weight excluding hydrogens is 206 g/mol. The molecule has 0 aromatic heterocycles. The second kappa shape index (κ2) is 7.63. The monoisotopic (exact) mass is 231 g/mol. The number of hydrogen-bond acceptors (Lipinski definition) is 4. The van der Waals surface area contributed by atoms with Crippen LogP contribution >= 0.6 is 0 Å². The van der Waals surface area contributed by atoms with Gasteiger partial charge in [0.1, 0.15) is 0 Å². The summed E-state index contributed by atoms with van der Waals surface area (Å²) in [5.41, 5.74) is -0.324. The Morgan fingerprint density at radius 1 is 1.38 bits per heavy atom. The van der Waals surface area contributed by atoms with Crippen LogP contribution in [0.2, 0.25) is 0 Å². The quantitative estimate of drug-likeness (QED) is 0.644. The first-order valence-electron chi connectivity index (χ1n) is 5.92. The molecule has 16 heavy (non-hydrogen) atoms. The Morgan fingerprint density at radius 2 is 2.00 bits per heavy atom. The second-order valence-electron chi connectivity index (χ2n) is 4.26. The van der Waals surface area contributed by atoms with Crippen LogP contribution in [-0.4, -0.2) is 38.4 Å². The van der Waals surface area contributed by atoms with Crippen LogP contribution in [0.3, 0.4) is 0 Å². The van der Waals surface area contributed by atoms with Gasteiger partial charge in [-0.05, 0) is 19.4 Å². The molecule has 0 aliphatic rings. The average molecular weight is 231 g/mol. The summed E-state index contributed by atoms with van der Waals surface area (Å²) in [5.74, 6) is 0.131. The maximum absolute atomic E-state index is 11.6. The van der Waals surface area contributed by atoms with Gasteiger partial charge in [-0.3, -0.25) is 4.79 Å². The molecule has 1 unspecified atom stereocenters. The Labute approximate surface area is 98.7 Å². The fourth-order valence-electron chi connectivity index (χ4n) is 1.82. The van der Waals surface area contributed by atoms with Crippen molar-refractivity contribution in [2.45, 2.75) is 39.7 Å². The molecule has 1 N–H and O–H groups in total. The van der Waals surface area contributed by atoms with Gasteiger partial charge in [0.25, 0.3) is 0 Å². The highest BCUT2D eigenvalue weighted by Gasteiger charge is 2.35. The molecular formula is C12H25NO3. The maximum atomic E-state index is 11.6. The van der Waals surface area contributed by atoms with Crippen molar-refractivity contribution in [2.75, 3.05) is 26.9 Å². The summed E-state index contributed by atoms with van der Waals surface area (Å²) in [7, 11) is 1.65. The molecule has 0 saturated carbocycles. The van der Waals surface area contributed by atoms with Crippen molar-refractivity contribution >= 4 is 5.97 Å². The lowest BCUT2D eigenvalue weighted by atomic mass is 9.84. The molecule has 0 rings (SSSR count). The summed E-state index contributed by atoms with van der Waals surface area (Å²) in [4.78, 5) is 11.6. The summed E-state index contributed by atoms with van der Waals surface area (Å²) in [5, 5.41) is 3.36. The largest absolute Gasteiger partial charge is 0.466 e. The highest BCUT2D eigenvalue weighted by molar-refractivity contribution is 5.71. The minimum Gasteiger partial charge on any atom is -0.466 e. The predicted molar refractivity (Wildman–Crippen MR) is 64.4 cm³/mol. The number of rotatable bonds is 8. The number of likely N-dealkylation sites (N-methyl/N-ethyl adjacent to an activating group) is 1. The Balaban J connectivity index is 4.66. The van der Waals surface area contributed by atoms with E-state index in [1.807, 2.05) is 13.8 Å². The first-order chi connectivity index (χ1) is 7.52. The van der Waals surface area contributed by atoms with E-state index in [1.165, 1.54) is 0 Å². The average Bonchev–Trinajstić information content (AvgIpc) is 2.18. The lowest BCUT2D eigenvalue weighted by Crippen LogP contribution is -2.54. The van der Waals surface area contributed by atoms with Gasteiger partial charge in [-0.2, -0.15) is 0 Å². The van der Waals surface area contributed by atoms with Gasteiger partial charge in [0.05, 0.1) is 25.2 Å². The SMILES string of the molecule is CCNC(COC)(CC(=O)OCC)C(C)C. The molecule has 0 radical (unpaired) electrons. The van der Waals surface area contributed by atoms with E-state index in [-0.39, 0.29) is 11.5 Å². The van der Waals surface area contributed by atoms with Crippen LogP contribution in [0.25, 0.3) is 0 Å². The van der Waals surface area contributed by atoms with Crippen molar-refractivity contribution in [1.82, 2.24) is 5.32 Å². The van der Waals surface area contributed by atoms with Gasteiger partial charge in [0.2, 0.25) is 0 Å². The van der Waals surface area contributed by atoms with Crippen molar-refractivity contribution in [3.05, 3.63) is 0 Å². The maximum Gasteiger partial charge on any atom is 0.307 e. The van der Waals surface area contributed by atoms with E-state index >= 15 is 0 Å². The van der Waals surface area contributed by atoms with Crippen molar-refractivity contribution in [3.63, 3.8) is 0 Å². The number of nitrogens with one attached hydrogen (secondary N) is 1. The Kier molecular flexibility index (Phi) is 7.34. The highest BCUT2D eigenvalue weighted by Crippen LogP contribution is 2.22. The minimum absolute atomic E-state index is 0.172. The van der Waals surface area contributed by atoms with Gasteiger partial charge in [0.15, 0.2) is 0 Å². The molecule has 0 heterocycles. The first kappa shape index (κ1) is 15.4. The number of carbonyl (C=O) groups excluding carboxylic acids is 1. The molecule has 0 aliphatic carbocycles. The number of hydrogen-bond donors (Lipinski definition) is 1. The van der Waals surface area contributed by atoms with Crippen LogP contribution in [-0.2, 0) is 14.3 Å². The van der Waals surface area contributed by atoms with E-state index in [9.17, 15) is 4.79 Å². The molecule has 0 spiro atoms. The van der Waals surface area contributed by atoms with Gasteiger partial charge in [0, 0.05) is 7.11 Å². The topological polar surface area (TPSA) is 47.6 Å². The number of ether oxygens (including phenoxy) is 2. The summed E-state index contributed by atoms with van der Waals surface area (Å²) in [6.07, 6.45) is 0.347. The third kappa shape index (κ3) is 4.49. The molecule has 0 amide bonds. The standard InChI is InChI=1S/C12H25NO3/c1-6-13-12(9-15-5,10(3)4)8-11(14)16-7-2/h10,13H,6-9H2,1-5H3. The Morgan fingerprint density at radius 3 is 2.38 bits per heavy atom. The fraction of sp³-hybridized carbons (Fsp3) is 0.917. The van der Waals surface area contributed by atoms with Crippen molar-refractivity contribution < 1.29 is 14.3 Å². The molecule has 0 saturated heterocycles. The molecule has 96 valence electrons. The van der Waals surface area contributed by atoms with Gasteiger partial charge in [-0.25, -0.2) is 0 Å². The fourth-order valence-corrected chi connectivity index (χ4v) is 1.82. The number of methoxy groups -OCH3 is 1. The molecule has 0 aliphatic heterocycles. The summed E-state index contributed by atoms with van der Waals surface area (Å²) in [6.45, 7) is 9.75. The van der Waals surface area contributed by atoms with Crippen molar-refractivity contribution in [2.24, 2.45) is 5.92 Å². The second-order valence-corrected chi connectivity index (χ2v) is 4.26. The Bertz CT molecular complexity index is 198. The van der Waals surface area contributed by atoms with Crippen LogP contribution in [0.5, 0.6) is 0 Å². The zero-order valence-corrected chi connectivity index (χ0v) is 11.1. The van der Waals surface area contributed by atoms with Crippen molar-refractivity contribution in [3.8, 4) is 0 Å². The van der Waals surface area contributed by atoms with Gasteiger partial charge in [-0.1, -0.05) is 20.8 Å². The molecule has 4 heteroatoms. The zero-order valence-electron chi connectivity index (χ0n) is 11.1. The minimum atomic E-state index is -0.324. The number of esters is 1. The van der Waals surface area contributed by atoms with E-state index < -0.39 is 0 Å². The van der Waals surface area contributed by atoms with E-state index in [0.29, 0.717) is 25.6 Å².